The topological polar surface area (TPSA) is 105 Å². The fraction of sp³-hybridized carbons (Fsp3) is 0.464. The van der Waals surface area contributed by atoms with Crippen LogP contribution < -0.4 is 5.32 Å². The van der Waals surface area contributed by atoms with E-state index in [9.17, 15) is 19.5 Å². The second-order valence-electron chi connectivity index (χ2n) is 10.3. The number of aliphatic hydroxyl groups excluding tert-OH is 1. The van der Waals surface area contributed by atoms with Gasteiger partial charge in [0.1, 0.15) is 17.6 Å². The summed E-state index contributed by atoms with van der Waals surface area (Å²) in [7, 11) is 0. The number of fused-ring (bicyclic) bond motifs is 1. The number of halogens is 1. The van der Waals surface area contributed by atoms with Gasteiger partial charge in [-0.2, -0.15) is 0 Å². The summed E-state index contributed by atoms with van der Waals surface area (Å²) in [6, 6.07) is 12.4. The Bertz CT molecular complexity index is 1220. The van der Waals surface area contributed by atoms with Crippen LogP contribution >= 0.6 is 11.6 Å². The summed E-state index contributed by atoms with van der Waals surface area (Å²) in [4.78, 5) is 42.9. The second-order valence-corrected chi connectivity index (χ2v) is 10.7. The van der Waals surface area contributed by atoms with E-state index < -0.39 is 59.5 Å². The van der Waals surface area contributed by atoms with Crippen LogP contribution in [0.25, 0.3) is 0 Å². The van der Waals surface area contributed by atoms with Crippen LogP contribution in [0.4, 0.5) is 5.69 Å². The first-order valence-corrected chi connectivity index (χ1v) is 13.0. The van der Waals surface area contributed by atoms with Gasteiger partial charge in [0.15, 0.2) is 0 Å². The van der Waals surface area contributed by atoms with E-state index in [0.717, 1.165) is 5.56 Å². The highest BCUT2D eigenvalue weighted by Gasteiger charge is 2.78. The Morgan fingerprint density at radius 2 is 1.95 bits per heavy atom. The van der Waals surface area contributed by atoms with Gasteiger partial charge in [0.2, 0.25) is 11.8 Å². The average Bonchev–Trinajstić information content (AvgIpc) is 3.44. The molecule has 196 valence electrons. The molecule has 0 aliphatic carbocycles. The molecule has 37 heavy (non-hydrogen) atoms. The summed E-state index contributed by atoms with van der Waals surface area (Å²) in [5.41, 5.74) is -0.290. The lowest BCUT2D eigenvalue weighted by Gasteiger charge is -2.37. The van der Waals surface area contributed by atoms with Crippen LogP contribution in [0.1, 0.15) is 43.9 Å². The monoisotopic (exact) mass is 526 g/mol. The molecule has 3 aliphatic rings. The van der Waals surface area contributed by atoms with Crippen LogP contribution in [0.15, 0.2) is 48.5 Å². The average molecular weight is 527 g/mol. The number of para-hydroxylation sites is 1. The van der Waals surface area contributed by atoms with Crippen molar-refractivity contribution in [1.29, 1.82) is 0 Å². The summed E-state index contributed by atoms with van der Waals surface area (Å²) >= 11 is 6.41. The number of rotatable bonds is 7. The molecular weight excluding hydrogens is 496 g/mol. The number of ether oxygens (including phenoxy) is 2. The van der Waals surface area contributed by atoms with E-state index in [0.29, 0.717) is 29.1 Å². The van der Waals surface area contributed by atoms with Crippen LogP contribution in [0.3, 0.4) is 0 Å². The van der Waals surface area contributed by atoms with Crippen LogP contribution in [0, 0.1) is 18.8 Å². The molecule has 2 bridgehead atoms. The van der Waals surface area contributed by atoms with Gasteiger partial charge in [-0.1, -0.05) is 54.1 Å². The molecule has 2 aromatic carbocycles. The number of aliphatic hydroxyl groups is 1. The maximum Gasteiger partial charge on any atom is 0.312 e. The summed E-state index contributed by atoms with van der Waals surface area (Å²) in [6.45, 7) is 5.12. The molecule has 3 aliphatic heterocycles. The molecule has 5 rings (SSSR count). The van der Waals surface area contributed by atoms with E-state index in [1.807, 2.05) is 38.1 Å². The Morgan fingerprint density at radius 1 is 1.22 bits per heavy atom. The number of hydrogen-bond acceptors (Lipinski definition) is 6. The van der Waals surface area contributed by atoms with Crippen molar-refractivity contribution in [2.45, 2.75) is 56.9 Å². The highest BCUT2D eigenvalue weighted by Crippen LogP contribution is 2.64. The number of carbonyl (C=O) groups is 3. The number of aryl methyl sites for hydroxylation is 1. The fourth-order valence-corrected chi connectivity index (χ4v) is 6.87. The van der Waals surface area contributed by atoms with Gasteiger partial charge in [-0.25, -0.2) is 0 Å². The molecule has 1 spiro atoms. The molecule has 0 aromatic heterocycles. The second kappa shape index (κ2) is 9.42. The number of benzene rings is 2. The van der Waals surface area contributed by atoms with Gasteiger partial charge in [0.05, 0.1) is 41.5 Å². The number of nitrogens with zero attached hydrogens (tertiary/aromatic N) is 1. The molecule has 3 saturated heterocycles. The van der Waals surface area contributed by atoms with E-state index in [2.05, 4.69) is 5.32 Å². The molecule has 3 heterocycles. The Kier molecular flexibility index (Phi) is 6.54. The van der Waals surface area contributed by atoms with Crippen LogP contribution in [-0.4, -0.2) is 58.2 Å². The third-order valence-corrected chi connectivity index (χ3v) is 8.48. The first kappa shape index (κ1) is 25.7. The van der Waals surface area contributed by atoms with Crippen molar-refractivity contribution in [2.75, 3.05) is 18.5 Å². The summed E-state index contributed by atoms with van der Waals surface area (Å²) < 4.78 is 11.9. The molecule has 2 unspecified atom stereocenters. The highest BCUT2D eigenvalue weighted by molar-refractivity contribution is 6.34. The predicted molar refractivity (Wildman–Crippen MR) is 137 cm³/mol. The summed E-state index contributed by atoms with van der Waals surface area (Å²) in [5, 5.41) is 13.8. The quantitative estimate of drug-likeness (QED) is 0.534. The van der Waals surface area contributed by atoms with Crippen molar-refractivity contribution >= 4 is 35.1 Å². The minimum absolute atomic E-state index is 0.169. The lowest BCUT2D eigenvalue weighted by Crippen LogP contribution is -2.54. The van der Waals surface area contributed by atoms with Gasteiger partial charge < -0.3 is 24.8 Å². The molecule has 2 aromatic rings. The zero-order valence-corrected chi connectivity index (χ0v) is 21.8. The smallest absolute Gasteiger partial charge is 0.312 e. The van der Waals surface area contributed by atoms with Gasteiger partial charge in [0, 0.05) is 0 Å². The molecule has 6 atom stereocenters. The van der Waals surface area contributed by atoms with E-state index >= 15 is 0 Å². The Hall–Kier alpha value is -2.94. The minimum Gasteiger partial charge on any atom is -0.466 e. The molecule has 2 N–H and O–H groups in total. The number of carbonyl (C=O) groups excluding carboxylic acids is 3. The Balaban J connectivity index is 1.63. The van der Waals surface area contributed by atoms with E-state index in [1.54, 1.807) is 31.2 Å². The van der Waals surface area contributed by atoms with Crippen molar-refractivity contribution in [3.8, 4) is 0 Å². The predicted octanol–water partition coefficient (Wildman–Crippen LogP) is 3.65. The highest BCUT2D eigenvalue weighted by atomic mass is 35.5. The first-order valence-electron chi connectivity index (χ1n) is 12.6. The lowest BCUT2D eigenvalue weighted by molar-refractivity contribution is -0.160. The molecule has 0 saturated carbocycles. The van der Waals surface area contributed by atoms with Gasteiger partial charge in [-0.05, 0) is 50.8 Å². The maximum atomic E-state index is 14.2. The molecule has 8 nitrogen and oxygen atoms in total. The van der Waals surface area contributed by atoms with Crippen molar-refractivity contribution in [1.82, 2.24) is 4.90 Å². The number of likely N-dealkylation sites (tertiary alicyclic amines) is 1. The largest absolute Gasteiger partial charge is 0.466 e. The number of nitrogens with one attached hydrogen (secondary N) is 1. The van der Waals surface area contributed by atoms with Crippen molar-refractivity contribution in [3.63, 3.8) is 0 Å². The molecular formula is C28H31ClN2O6. The summed E-state index contributed by atoms with van der Waals surface area (Å²) in [6.07, 6.45) is 0.914. The van der Waals surface area contributed by atoms with E-state index in [1.165, 1.54) is 4.90 Å². The lowest BCUT2D eigenvalue weighted by atomic mass is 9.66. The third-order valence-electron chi connectivity index (χ3n) is 8.17. The van der Waals surface area contributed by atoms with Crippen molar-refractivity contribution < 1.29 is 29.0 Å². The Labute approximate surface area is 220 Å². The van der Waals surface area contributed by atoms with Gasteiger partial charge in [-0.3, -0.25) is 14.4 Å². The first-order chi connectivity index (χ1) is 17.7. The SMILES string of the molecule is CCOC(=O)[C@H]1[C@H]2C(=O)N([C@H](CO)c3ccccc3)C(C(=O)Nc3c(C)cccc3Cl)C23CC[C@]1(C)O3. The van der Waals surface area contributed by atoms with Gasteiger partial charge >= 0.3 is 5.97 Å². The zero-order chi connectivity index (χ0) is 26.5. The van der Waals surface area contributed by atoms with Gasteiger partial charge in [0.25, 0.3) is 0 Å². The van der Waals surface area contributed by atoms with Crippen molar-refractivity contribution in [2.24, 2.45) is 11.8 Å². The molecule has 9 heteroatoms. The summed E-state index contributed by atoms with van der Waals surface area (Å²) in [5.74, 6) is -3.15. The zero-order valence-electron chi connectivity index (χ0n) is 21.1. The van der Waals surface area contributed by atoms with Gasteiger partial charge in [-0.15, -0.1) is 0 Å². The number of esters is 1. The maximum absolute atomic E-state index is 14.2. The number of anilines is 1. The standard InChI is InChI=1S/C28H31ClN2O6/c1-4-36-26(35)21-20-25(34)31(19(15-32)17-10-6-5-7-11-17)23(28(20)14-13-27(21,3)37-28)24(33)30-22-16(2)9-8-12-18(22)29/h5-12,19-21,23,32H,4,13-15H2,1-3H3,(H,30,33)/t19-,20+,21-,23?,27+,28?/m1/s1. The van der Waals surface area contributed by atoms with E-state index in [-0.39, 0.29) is 6.61 Å². The Morgan fingerprint density at radius 3 is 2.59 bits per heavy atom. The van der Waals surface area contributed by atoms with E-state index in [4.69, 9.17) is 21.1 Å². The molecule has 0 radical (unpaired) electrons. The number of hydrogen-bond donors (Lipinski definition) is 2. The fourth-order valence-electron chi connectivity index (χ4n) is 6.60. The molecule has 3 fully saturated rings. The van der Waals surface area contributed by atoms with Crippen LogP contribution in [0.2, 0.25) is 5.02 Å². The van der Waals surface area contributed by atoms with Crippen molar-refractivity contribution in [3.05, 3.63) is 64.7 Å². The third kappa shape index (κ3) is 3.85. The normalized spacial score (nSPS) is 30.8. The van der Waals surface area contributed by atoms with Crippen LogP contribution in [-0.2, 0) is 23.9 Å². The van der Waals surface area contributed by atoms with Crippen LogP contribution in [0.5, 0.6) is 0 Å². The minimum atomic E-state index is -1.25. The molecule has 2 amide bonds. The number of amides is 2.